The van der Waals surface area contributed by atoms with Crippen molar-refractivity contribution in [2.45, 2.75) is 26.5 Å². The zero-order valence-electron chi connectivity index (χ0n) is 11.3. The van der Waals surface area contributed by atoms with Gasteiger partial charge in [-0.2, -0.15) is 0 Å². The van der Waals surface area contributed by atoms with E-state index in [0.29, 0.717) is 6.54 Å². The quantitative estimate of drug-likeness (QED) is 0.894. The highest BCUT2D eigenvalue weighted by Gasteiger charge is 2.09. The van der Waals surface area contributed by atoms with Crippen LogP contribution < -0.4 is 4.90 Å². The topological polar surface area (TPSA) is 49.2 Å². The van der Waals surface area contributed by atoms with E-state index in [-0.39, 0.29) is 0 Å². The van der Waals surface area contributed by atoms with Gasteiger partial charge in [0.05, 0.1) is 18.3 Å². The van der Waals surface area contributed by atoms with E-state index in [1.54, 1.807) is 19.3 Å². The molecule has 0 aliphatic rings. The molecule has 100 valence electrons. The van der Waals surface area contributed by atoms with Gasteiger partial charge in [0, 0.05) is 18.9 Å². The Hall–Kier alpha value is -1.94. The second kappa shape index (κ2) is 6.29. The second-order valence-electron chi connectivity index (χ2n) is 4.46. The van der Waals surface area contributed by atoms with E-state index in [1.807, 2.05) is 30.3 Å². The van der Waals surface area contributed by atoms with Crippen LogP contribution in [0.3, 0.4) is 0 Å². The largest absolute Gasteiger partial charge is 0.389 e. The monoisotopic (exact) mass is 257 g/mol. The molecule has 1 N–H and O–H groups in total. The fraction of sp³-hybridized carbons (Fsp3) is 0.333. The number of hydrogen-bond acceptors (Lipinski definition) is 4. The molecular formula is C15H19N3O. The lowest BCUT2D eigenvalue weighted by atomic mass is 10.1. The fourth-order valence-corrected chi connectivity index (χ4v) is 1.91. The Labute approximate surface area is 113 Å². The van der Waals surface area contributed by atoms with Gasteiger partial charge in [0.25, 0.3) is 0 Å². The van der Waals surface area contributed by atoms with E-state index >= 15 is 0 Å². The maximum Gasteiger partial charge on any atom is 0.129 e. The highest BCUT2D eigenvalue weighted by atomic mass is 16.3. The zero-order valence-corrected chi connectivity index (χ0v) is 11.3. The lowest BCUT2D eigenvalue weighted by Crippen LogP contribution is -2.23. The van der Waals surface area contributed by atoms with E-state index in [0.717, 1.165) is 23.6 Å². The molecular weight excluding hydrogens is 238 g/mol. The molecule has 2 heterocycles. The van der Waals surface area contributed by atoms with Crippen molar-refractivity contribution in [1.82, 2.24) is 9.97 Å². The summed E-state index contributed by atoms with van der Waals surface area (Å²) in [5.41, 5.74) is 1.89. The molecule has 0 fully saturated rings. The molecule has 19 heavy (non-hydrogen) atoms. The summed E-state index contributed by atoms with van der Waals surface area (Å²) < 4.78 is 0. The molecule has 0 amide bonds. The number of pyridine rings is 2. The number of rotatable bonds is 5. The molecule has 0 saturated carbocycles. The summed E-state index contributed by atoms with van der Waals surface area (Å²) in [6.45, 7) is 5.40. The number of anilines is 1. The first-order valence-electron chi connectivity index (χ1n) is 6.49. The van der Waals surface area contributed by atoms with Crippen LogP contribution in [0.4, 0.5) is 5.82 Å². The zero-order chi connectivity index (χ0) is 13.7. The predicted octanol–water partition coefficient (Wildman–Crippen LogP) is 2.56. The third kappa shape index (κ3) is 3.51. The van der Waals surface area contributed by atoms with E-state index in [2.05, 4.69) is 21.8 Å². The average Bonchev–Trinajstić information content (AvgIpc) is 2.46. The summed E-state index contributed by atoms with van der Waals surface area (Å²) in [6, 6.07) is 9.66. The van der Waals surface area contributed by atoms with Crippen molar-refractivity contribution in [3.63, 3.8) is 0 Å². The Kier molecular flexibility index (Phi) is 4.47. The van der Waals surface area contributed by atoms with Gasteiger partial charge in [-0.3, -0.25) is 4.98 Å². The van der Waals surface area contributed by atoms with Crippen molar-refractivity contribution in [3.05, 3.63) is 54.0 Å². The highest BCUT2D eigenvalue weighted by molar-refractivity contribution is 5.41. The molecule has 0 saturated heterocycles. The van der Waals surface area contributed by atoms with Crippen LogP contribution in [0.25, 0.3) is 0 Å². The van der Waals surface area contributed by atoms with E-state index in [4.69, 9.17) is 0 Å². The van der Waals surface area contributed by atoms with Crippen molar-refractivity contribution in [2.75, 3.05) is 11.4 Å². The maximum absolute atomic E-state index is 9.63. The van der Waals surface area contributed by atoms with Crippen molar-refractivity contribution >= 4 is 5.82 Å². The summed E-state index contributed by atoms with van der Waals surface area (Å²) in [7, 11) is 0. The minimum Gasteiger partial charge on any atom is -0.389 e. The van der Waals surface area contributed by atoms with Crippen LogP contribution in [-0.2, 0) is 6.54 Å². The van der Waals surface area contributed by atoms with E-state index in [1.165, 1.54) is 0 Å². The molecule has 2 aromatic heterocycles. The van der Waals surface area contributed by atoms with Crippen molar-refractivity contribution in [3.8, 4) is 0 Å². The SMILES string of the molecule is CCN(Cc1ccccn1)c1cc([C@H](C)O)ccn1. The van der Waals surface area contributed by atoms with Gasteiger partial charge in [0.2, 0.25) is 0 Å². The Bertz CT molecular complexity index is 514. The molecule has 0 aliphatic heterocycles. The molecule has 0 unspecified atom stereocenters. The molecule has 1 atom stereocenters. The average molecular weight is 257 g/mol. The number of aromatic nitrogens is 2. The lowest BCUT2D eigenvalue weighted by molar-refractivity contribution is 0.199. The smallest absolute Gasteiger partial charge is 0.129 e. The molecule has 2 aromatic rings. The summed E-state index contributed by atoms with van der Waals surface area (Å²) >= 11 is 0. The van der Waals surface area contributed by atoms with Gasteiger partial charge in [-0.1, -0.05) is 6.07 Å². The minimum absolute atomic E-state index is 0.477. The number of nitrogens with zero attached hydrogens (tertiary/aromatic N) is 3. The van der Waals surface area contributed by atoms with Crippen LogP contribution in [-0.4, -0.2) is 21.6 Å². The van der Waals surface area contributed by atoms with Gasteiger partial charge in [-0.05, 0) is 43.7 Å². The molecule has 0 radical (unpaired) electrons. The number of hydrogen-bond donors (Lipinski definition) is 1. The maximum atomic E-state index is 9.63. The van der Waals surface area contributed by atoms with Gasteiger partial charge in [0.1, 0.15) is 5.82 Å². The molecule has 0 aliphatic carbocycles. The van der Waals surface area contributed by atoms with Crippen LogP contribution in [0.5, 0.6) is 0 Å². The first-order valence-corrected chi connectivity index (χ1v) is 6.49. The lowest BCUT2D eigenvalue weighted by Gasteiger charge is -2.22. The number of aliphatic hydroxyl groups excluding tert-OH is 1. The molecule has 4 heteroatoms. The molecule has 4 nitrogen and oxygen atoms in total. The van der Waals surface area contributed by atoms with Gasteiger partial charge in [-0.25, -0.2) is 4.98 Å². The van der Waals surface area contributed by atoms with Crippen LogP contribution >= 0.6 is 0 Å². The molecule has 0 spiro atoms. The Morgan fingerprint density at radius 3 is 2.68 bits per heavy atom. The minimum atomic E-state index is -0.477. The van der Waals surface area contributed by atoms with Gasteiger partial charge in [-0.15, -0.1) is 0 Å². The van der Waals surface area contributed by atoms with Crippen LogP contribution in [0.15, 0.2) is 42.7 Å². The Balaban J connectivity index is 2.20. The van der Waals surface area contributed by atoms with Crippen molar-refractivity contribution in [2.24, 2.45) is 0 Å². The van der Waals surface area contributed by atoms with E-state index < -0.39 is 6.10 Å². The third-order valence-electron chi connectivity index (χ3n) is 3.04. The van der Waals surface area contributed by atoms with Crippen LogP contribution in [0.1, 0.15) is 31.2 Å². The Morgan fingerprint density at radius 1 is 1.21 bits per heavy atom. The fourth-order valence-electron chi connectivity index (χ4n) is 1.91. The summed E-state index contributed by atoms with van der Waals surface area (Å²) in [4.78, 5) is 10.8. The first-order chi connectivity index (χ1) is 9.20. The highest BCUT2D eigenvalue weighted by Crippen LogP contribution is 2.19. The molecule has 2 rings (SSSR count). The summed E-state index contributed by atoms with van der Waals surface area (Å²) in [5, 5.41) is 9.63. The Morgan fingerprint density at radius 2 is 2.05 bits per heavy atom. The van der Waals surface area contributed by atoms with E-state index in [9.17, 15) is 5.11 Å². The second-order valence-corrected chi connectivity index (χ2v) is 4.46. The molecule has 0 aromatic carbocycles. The third-order valence-corrected chi connectivity index (χ3v) is 3.04. The van der Waals surface area contributed by atoms with Crippen molar-refractivity contribution < 1.29 is 5.11 Å². The summed E-state index contributed by atoms with van der Waals surface area (Å²) in [6.07, 6.45) is 3.05. The molecule has 0 bridgehead atoms. The summed E-state index contributed by atoms with van der Waals surface area (Å²) in [5.74, 6) is 0.867. The van der Waals surface area contributed by atoms with Gasteiger partial charge in [0.15, 0.2) is 0 Å². The van der Waals surface area contributed by atoms with Gasteiger partial charge >= 0.3 is 0 Å². The van der Waals surface area contributed by atoms with Crippen LogP contribution in [0, 0.1) is 0 Å². The first kappa shape index (κ1) is 13.5. The van der Waals surface area contributed by atoms with Gasteiger partial charge < -0.3 is 10.0 Å². The predicted molar refractivity (Wildman–Crippen MR) is 75.8 cm³/mol. The normalized spacial score (nSPS) is 12.2. The number of aliphatic hydroxyl groups is 1. The standard InChI is InChI=1S/C15H19N3O/c1-3-18(11-14-6-4-5-8-16-14)15-10-13(12(2)19)7-9-17-15/h4-10,12,19H,3,11H2,1-2H3/t12-/m0/s1. The van der Waals surface area contributed by atoms with Crippen molar-refractivity contribution in [1.29, 1.82) is 0 Å². The van der Waals surface area contributed by atoms with Crippen LogP contribution in [0.2, 0.25) is 0 Å².